The Balaban J connectivity index is 2.27. The van der Waals surface area contributed by atoms with Crippen molar-refractivity contribution in [2.45, 2.75) is 25.3 Å². The third-order valence-corrected chi connectivity index (χ3v) is 3.51. The molecule has 2 aromatic rings. The van der Waals surface area contributed by atoms with Gasteiger partial charge in [-0.1, -0.05) is 0 Å². The quantitative estimate of drug-likeness (QED) is 0.767. The lowest BCUT2D eigenvalue weighted by Crippen LogP contribution is -2.24. The van der Waals surface area contributed by atoms with Crippen molar-refractivity contribution in [3.05, 3.63) is 30.0 Å². The highest BCUT2D eigenvalue weighted by molar-refractivity contribution is 5.83. The van der Waals surface area contributed by atoms with Crippen molar-refractivity contribution < 1.29 is 5.11 Å². The summed E-state index contributed by atoms with van der Waals surface area (Å²) >= 11 is 0. The normalized spacial score (nSPS) is 19.9. The second kappa shape index (κ2) is 3.52. The van der Waals surface area contributed by atoms with Gasteiger partial charge in [0, 0.05) is 29.7 Å². The van der Waals surface area contributed by atoms with Crippen LogP contribution in [0.1, 0.15) is 24.6 Å². The molecule has 0 saturated carbocycles. The van der Waals surface area contributed by atoms with Crippen LogP contribution < -0.4 is 5.73 Å². The maximum atomic E-state index is 9.56. The smallest absolute Gasteiger partial charge is 0.117 e. The summed E-state index contributed by atoms with van der Waals surface area (Å²) in [5.74, 6) is 0.328. The number of fused-ring (bicyclic) bond motifs is 3. The molecule has 0 spiro atoms. The van der Waals surface area contributed by atoms with E-state index < -0.39 is 0 Å². The number of rotatable bonds is 1. The van der Waals surface area contributed by atoms with Gasteiger partial charge in [0.25, 0.3) is 0 Å². The van der Waals surface area contributed by atoms with Crippen LogP contribution in [0.3, 0.4) is 0 Å². The first-order valence-electron chi connectivity index (χ1n) is 5.82. The summed E-state index contributed by atoms with van der Waals surface area (Å²) in [7, 11) is 0. The molecule has 2 heterocycles. The van der Waals surface area contributed by atoms with Crippen LogP contribution in [0.5, 0.6) is 5.75 Å². The Morgan fingerprint density at radius 1 is 1.38 bits per heavy atom. The largest absolute Gasteiger partial charge is 0.508 e. The number of hydrogen-bond donors (Lipinski definition) is 2. The molecule has 3 N–H and O–H groups in total. The first kappa shape index (κ1) is 9.73. The van der Waals surface area contributed by atoms with Crippen molar-refractivity contribution in [1.29, 1.82) is 0 Å². The molecule has 0 amide bonds. The summed E-state index contributed by atoms with van der Waals surface area (Å²) in [6.45, 7) is 0.673. The predicted octanol–water partition coefficient (Wildman–Crippen LogP) is 2.18. The number of phenols is 1. The molecule has 84 valence electrons. The van der Waals surface area contributed by atoms with Crippen LogP contribution in [0, 0.1) is 0 Å². The van der Waals surface area contributed by atoms with Crippen molar-refractivity contribution >= 4 is 10.9 Å². The van der Waals surface area contributed by atoms with Crippen molar-refractivity contribution in [1.82, 2.24) is 4.57 Å². The number of aromatic hydroxyl groups is 1. The first-order chi connectivity index (χ1) is 7.79. The molecule has 0 radical (unpaired) electrons. The highest BCUT2D eigenvalue weighted by atomic mass is 16.3. The molecule has 0 saturated heterocycles. The summed E-state index contributed by atoms with van der Waals surface area (Å²) < 4.78 is 2.30. The van der Waals surface area contributed by atoms with Gasteiger partial charge in [-0.15, -0.1) is 0 Å². The molecule has 3 heteroatoms. The van der Waals surface area contributed by atoms with Crippen LogP contribution in [-0.2, 0) is 6.42 Å². The summed E-state index contributed by atoms with van der Waals surface area (Å²) in [5, 5.41) is 10.8. The molecule has 16 heavy (non-hydrogen) atoms. The van der Waals surface area contributed by atoms with Crippen molar-refractivity contribution in [3.8, 4) is 5.75 Å². The second-order valence-corrected chi connectivity index (χ2v) is 4.53. The van der Waals surface area contributed by atoms with Crippen molar-refractivity contribution in [3.63, 3.8) is 0 Å². The Morgan fingerprint density at radius 3 is 3.06 bits per heavy atom. The highest BCUT2D eigenvalue weighted by Gasteiger charge is 2.20. The van der Waals surface area contributed by atoms with Gasteiger partial charge in [-0.3, -0.25) is 0 Å². The van der Waals surface area contributed by atoms with Gasteiger partial charge in [0.2, 0.25) is 0 Å². The minimum absolute atomic E-state index is 0.328. The van der Waals surface area contributed by atoms with Gasteiger partial charge in [-0.2, -0.15) is 0 Å². The van der Waals surface area contributed by atoms with E-state index in [4.69, 9.17) is 5.73 Å². The number of aromatic nitrogens is 1. The lowest BCUT2D eigenvalue weighted by Gasteiger charge is -2.25. The average molecular weight is 216 g/mol. The number of phenolic OH excluding ortho intramolecular Hbond substituents is 1. The number of benzene rings is 1. The van der Waals surface area contributed by atoms with E-state index in [0.717, 1.165) is 18.4 Å². The molecule has 0 fully saturated rings. The lowest BCUT2D eigenvalue weighted by molar-refractivity contribution is 0.420. The Morgan fingerprint density at radius 2 is 2.25 bits per heavy atom. The Labute approximate surface area is 94.5 Å². The van der Waals surface area contributed by atoms with Gasteiger partial charge in [0.15, 0.2) is 0 Å². The second-order valence-electron chi connectivity index (χ2n) is 4.53. The van der Waals surface area contributed by atoms with Crippen LogP contribution in [0.4, 0.5) is 0 Å². The molecule has 3 nitrogen and oxygen atoms in total. The molecule has 1 unspecified atom stereocenters. The Kier molecular flexibility index (Phi) is 2.14. The number of nitrogens with zero attached hydrogens (tertiary/aromatic N) is 1. The van der Waals surface area contributed by atoms with Gasteiger partial charge in [-0.25, -0.2) is 0 Å². The summed E-state index contributed by atoms with van der Waals surface area (Å²) in [5.41, 5.74) is 8.29. The minimum Gasteiger partial charge on any atom is -0.508 e. The fourth-order valence-corrected chi connectivity index (χ4v) is 2.76. The van der Waals surface area contributed by atoms with E-state index in [-0.39, 0.29) is 0 Å². The number of hydrogen-bond acceptors (Lipinski definition) is 2. The Bertz CT molecular complexity index is 530. The zero-order chi connectivity index (χ0) is 11.1. The van der Waals surface area contributed by atoms with Crippen LogP contribution in [0.25, 0.3) is 10.9 Å². The maximum absolute atomic E-state index is 9.56. The molecule has 3 rings (SSSR count). The van der Waals surface area contributed by atoms with E-state index >= 15 is 0 Å². The highest BCUT2D eigenvalue weighted by Crippen LogP contribution is 2.32. The van der Waals surface area contributed by atoms with Gasteiger partial charge in [0.05, 0.1) is 5.52 Å². The van der Waals surface area contributed by atoms with Crippen LogP contribution in [0.2, 0.25) is 0 Å². The molecule has 1 aliphatic rings. The standard InChI is InChI=1S/C13H16N2O/c14-8-11-3-1-2-10-6-9-4-5-12(16)7-13(9)15(10)11/h4-7,11,16H,1-3,8,14H2. The third-order valence-electron chi connectivity index (χ3n) is 3.51. The predicted molar refractivity (Wildman–Crippen MR) is 64.6 cm³/mol. The SMILES string of the molecule is NCC1CCCc2cc3ccc(O)cc3n21. The van der Waals surface area contributed by atoms with E-state index in [1.165, 1.54) is 17.5 Å². The van der Waals surface area contributed by atoms with Crippen molar-refractivity contribution in [2.75, 3.05) is 6.54 Å². The molecule has 1 atom stereocenters. The van der Waals surface area contributed by atoms with Crippen LogP contribution in [0.15, 0.2) is 24.3 Å². The van der Waals surface area contributed by atoms with E-state index in [0.29, 0.717) is 18.3 Å². The molecular formula is C13H16N2O. The van der Waals surface area contributed by atoms with Crippen LogP contribution >= 0.6 is 0 Å². The molecule has 1 aromatic heterocycles. The maximum Gasteiger partial charge on any atom is 0.117 e. The first-order valence-corrected chi connectivity index (χ1v) is 5.82. The fourth-order valence-electron chi connectivity index (χ4n) is 2.76. The molecule has 0 bridgehead atoms. The summed E-state index contributed by atoms with van der Waals surface area (Å²) in [6, 6.07) is 8.17. The zero-order valence-corrected chi connectivity index (χ0v) is 9.19. The topological polar surface area (TPSA) is 51.2 Å². The fraction of sp³-hybridized carbons (Fsp3) is 0.385. The molecule has 0 aliphatic carbocycles. The lowest BCUT2D eigenvalue weighted by atomic mass is 10.0. The zero-order valence-electron chi connectivity index (χ0n) is 9.19. The number of nitrogens with two attached hydrogens (primary N) is 1. The minimum atomic E-state index is 0.328. The Hall–Kier alpha value is -1.48. The van der Waals surface area contributed by atoms with E-state index in [1.54, 1.807) is 6.07 Å². The summed E-state index contributed by atoms with van der Waals surface area (Å²) in [6.07, 6.45) is 3.47. The van der Waals surface area contributed by atoms with Gasteiger partial charge >= 0.3 is 0 Å². The average Bonchev–Trinajstić information content (AvgIpc) is 2.66. The summed E-state index contributed by atoms with van der Waals surface area (Å²) in [4.78, 5) is 0. The number of aryl methyl sites for hydroxylation is 1. The van der Waals surface area contributed by atoms with E-state index in [1.807, 2.05) is 12.1 Å². The third kappa shape index (κ3) is 1.32. The van der Waals surface area contributed by atoms with Gasteiger partial charge in [0.1, 0.15) is 5.75 Å². The van der Waals surface area contributed by atoms with Crippen LogP contribution in [-0.4, -0.2) is 16.2 Å². The van der Waals surface area contributed by atoms with E-state index in [9.17, 15) is 5.11 Å². The van der Waals surface area contributed by atoms with Crippen molar-refractivity contribution in [2.24, 2.45) is 5.73 Å². The molecular weight excluding hydrogens is 200 g/mol. The molecule has 1 aromatic carbocycles. The van der Waals surface area contributed by atoms with Gasteiger partial charge in [-0.05, 0) is 37.5 Å². The van der Waals surface area contributed by atoms with E-state index in [2.05, 4.69) is 10.6 Å². The monoisotopic (exact) mass is 216 g/mol. The molecule has 1 aliphatic heterocycles. The van der Waals surface area contributed by atoms with Gasteiger partial charge < -0.3 is 15.4 Å².